The fourth-order valence-corrected chi connectivity index (χ4v) is 2.45. The number of carbonyl (C=O) groups is 1. The maximum absolute atomic E-state index is 12.2. The number of nitrogens with one attached hydrogen (secondary N) is 2. The van der Waals surface area contributed by atoms with E-state index >= 15 is 0 Å². The minimum Gasteiger partial charge on any atom is -0.383 e. The summed E-state index contributed by atoms with van der Waals surface area (Å²) in [4.78, 5) is 18.6. The Morgan fingerprint density at radius 2 is 2.20 bits per heavy atom. The number of pyridine rings is 1. The van der Waals surface area contributed by atoms with E-state index in [4.69, 9.17) is 4.74 Å². The quantitative estimate of drug-likeness (QED) is 0.765. The number of urea groups is 1. The lowest BCUT2D eigenvalue weighted by atomic mass is 10.2. The monoisotopic (exact) mass is 346 g/mol. The summed E-state index contributed by atoms with van der Waals surface area (Å²) < 4.78 is 6.76. The number of likely N-dealkylation sites (N-methyl/N-ethyl adjacent to an activating group) is 1. The van der Waals surface area contributed by atoms with E-state index in [2.05, 4.69) is 25.6 Å². The van der Waals surface area contributed by atoms with Crippen LogP contribution in [0.4, 0.5) is 16.3 Å². The molecule has 0 aliphatic rings. The lowest BCUT2D eigenvalue weighted by molar-refractivity contribution is 0.158. The molecule has 0 radical (unpaired) electrons. The highest BCUT2D eigenvalue weighted by Crippen LogP contribution is 2.15. The van der Waals surface area contributed by atoms with Crippen LogP contribution in [0.3, 0.4) is 0 Å². The van der Waals surface area contributed by atoms with Crippen LogP contribution in [-0.2, 0) is 24.8 Å². The Morgan fingerprint density at radius 3 is 2.92 bits per heavy atom. The van der Waals surface area contributed by atoms with Gasteiger partial charge in [-0.2, -0.15) is 5.10 Å². The fourth-order valence-electron chi connectivity index (χ4n) is 2.45. The van der Waals surface area contributed by atoms with E-state index in [9.17, 15) is 4.79 Å². The fraction of sp³-hybridized carbons (Fsp3) is 0.471. The van der Waals surface area contributed by atoms with Gasteiger partial charge in [0.15, 0.2) is 0 Å². The molecule has 0 spiro atoms. The number of anilines is 2. The van der Waals surface area contributed by atoms with E-state index in [1.165, 1.54) is 0 Å². The first-order valence-corrected chi connectivity index (χ1v) is 8.24. The zero-order chi connectivity index (χ0) is 18.2. The van der Waals surface area contributed by atoms with Crippen molar-refractivity contribution in [3.63, 3.8) is 0 Å². The molecule has 0 fully saturated rings. The van der Waals surface area contributed by atoms with Gasteiger partial charge in [0.05, 0.1) is 18.0 Å². The third kappa shape index (κ3) is 5.84. The van der Waals surface area contributed by atoms with Crippen molar-refractivity contribution in [3.05, 3.63) is 35.8 Å². The highest BCUT2D eigenvalue weighted by atomic mass is 16.5. The van der Waals surface area contributed by atoms with Gasteiger partial charge in [-0.3, -0.25) is 14.9 Å². The van der Waals surface area contributed by atoms with Gasteiger partial charge >= 0.3 is 6.03 Å². The first kappa shape index (κ1) is 18.9. The molecule has 136 valence electrons. The number of aromatic nitrogens is 3. The van der Waals surface area contributed by atoms with E-state index in [1.807, 2.05) is 33.2 Å². The van der Waals surface area contributed by atoms with Gasteiger partial charge in [0.1, 0.15) is 5.82 Å². The number of hydrogen-bond donors (Lipinski definition) is 2. The molecule has 8 heteroatoms. The summed E-state index contributed by atoms with van der Waals surface area (Å²) in [6, 6.07) is 3.47. The van der Waals surface area contributed by atoms with Gasteiger partial charge in [-0.05, 0) is 31.2 Å². The van der Waals surface area contributed by atoms with Crippen LogP contribution in [0.25, 0.3) is 0 Å². The summed E-state index contributed by atoms with van der Waals surface area (Å²) in [6.07, 6.45) is 4.22. The zero-order valence-electron chi connectivity index (χ0n) is 15.2. The largest absolute Gasteiger partial charge is 0.383 e. The second kappa shape index (κ2) is 9.14. The van der Waals surface area contributed by atoms with Crippen molar-refractivity contribution in [2.75, 3.05) is 37.9 Å². The first-order valence-electron chi connectivity index (χ1n) is 8.24. The van der Waals surface area contributed by atoms with Crippen LogP contribution in [0, 0.1) is 0 Å². The second-order valence-electron chi connectivity index (χ2n) is 5.88. The van der Waals surface area contributed by atoms with Crippen LogP contribution in [0.5, 0.6) is 0 Å². The van der Waals surface area contributed by atoms with E-state index in [0.717, 1.165) is 30.8 Å². The van der Waals surface area contributed by atoms with E-state index in [0.29, 0.717) is 18.1 Å². The van der Waals surface area contributed by atoms with Crippen molar-refractivity contribution in [2.24, 2.45) is 7.05 Å². The molecule has 2 heterocycles. The predicted molar refractivity (Wildman–Crippen MR) is 97.7 cm³/mol. The maximum Gasteiger partial charge on any atom is 0.324 e. The minimum absolute atomic E-state index is 0.333. The molecule has 2 rings (SSSR count). The molecule has 2 aromatic rings. The lowest BCUT2D eigenvalue weighted by Crippen LogP contribution is -2.23. The molecule has 8 nitrogen and oxygen atoms in total. The van der Waals surface area contributed by atoms with E-state index in [-0.39, 0.29) is 6.03 Å². The number of carbonyl (C=O) groups excluding carboxylic acids is 1. The summed E-state index contributed by atoms with van der Waals surface area (Å²) in [7, 11) is 5.54. The van der Waals surface area contributed by atoms with Crippen molar-refractivity contribution >= 4 is 17.5 Å². The second-order valence-corrected chi connectivity index (χ2v) is 5.88. The van der Waals surface area contributed by atoms with Gasteiger partial charge in [-0.15, -0.1) is 0 Å². The topological polar surface area (TPSA) is 84.3 Å². The van der Waals surface area contributed by atoms with Crippen LogP contribution < -0.4 is 10.6 Å². The number of nitrogens with zero attached hydrogens (tertiary/aromatic N) is 4. The maximum atomic E-state index is 12.2. The standard InChI is InChI=1S/C17H26N6O2/c1-5-14-15(12-23(3)21-14)19-17(24)20-16-10-13(6-7-18-16)11-22(2)8-9-25-4/h6-7,10,12H,5,8-9,11H2,1-4H3,(H2,18,19,20,24). The van der Waals surface area contributed by atoms with Crippen molar-refractivity contribution in [1.82, 2.24) is 19.7 Å². The third-order valence-electron chi connectivity index (χ3n) is 3.68. The summed E-state index contributed by atoms with van der Waals surface area (Å²) in [5.74, 6) is 0.511. The molecular formula is C17H26N6O2. The third-order valence-corrected chi connectivity index (χ3v) is 3.68. The molecule has 2 N–H and O–H groups in total. The molecular weight excluding hydrogens is 320 g/mol. The Morgan fingerprint density at radius 1 is 1.40 bits per heavy atom. The van der Waals surface area contributed by atoms with E-state index < -0.39 is 0 Å². The van der Waals surface area contributed by atoms with Crippen molar-refractivity contribution < 1.29 is 9.53 Å². The van der Waals surface area contributed by atoms with Crippen LogP contribution in [-0.4, -0.2) is 53.0 Å². The molecule has 0 aliphatic carbocycles. The number of ether oxygens (including phenoxy) is 1. The molecule has 2 amide bonds. The molecule has 0 bridgehead atoms. The van der Waals surface area contributed by atoms with Crippen LogP contribution in [0.15, 0.2) is 24.5 Å². The summed E-state index contributed by atoms with van der Waals surface area (Å²) in [6.45, 7) is 4.27. The summed E-state index contributed by atoms with van der Waals surface area (Å²) in [5, 5.41) is 9.89. The van der Waals surface area contributed by atoms with Gasteiger partial charge in [-0.25, -0.2) is 9.78 Å². The predicted octanol–water partition coefficient (Wildman–Crippen LogP) is 2.10. The number of hydrogen-bond acceptors (Lipinski definition) is 5. The normalized spacial score (nSPS) is 10.9. The summed E-state index contributed by atoms with van der Waals surface area (Å²) in [5.41, 5.74) is 2.62. The molecule has 0 saturated carbocycles. The molecule has 0 aliphatic heterocycles. The molecule has 25 heavy (non-hydrogen) atoms. The highest BCUT2D eigenvalue weighted by molar-refractivity contribution is 5.99. The highest BCUT2D eigenvalue weighted by Gasteiger charge is 2.10. The van der Waals surface area contributed by atoms with Crippen molar-refractivity contribution in [3.8, 4) is 0 Å². The van der Waals surface area contributed by atoms with Crippen molar-refractivity contribution in [1.29, 1.82) is 0 Å². The van der Waals surface area contributed by atoms with Gasteiger partial charge in [0.2, 0.25) is 0 Å². The SMILES string of the molecule is CCc1nn(C)cc1NC(=O)Nc1cc(CN(C)CCOC)ccn1. The van der Waals surface area contributed by atoms with Crippen molar-refractivity contribution in [2.45, 2.75) is 19.9 Å². The van der Waals surface area contributed by atoms with Gasteiger partial charge in [0, 0.05) is 39.6 Å². The Kier molecular flexibility index (Phi) is 6.91. The number of amides is 2. The Bertz CT molecular complexity index is 700. The molecule has 0 saturated heterocycles. The zero-order valence-corrected chi connectivity index (χ0v) is 15.2. The first-order chi connectivity index (χ1) is 12.0. The van der Waals surface area contributed by atoms with Crippen LogP contribution in [0.1, 0.15) is 18.2 Å². The Balaban J connectivity index is 1.95. The van der Waals surface area contributed by atoms with Crippen LogP contribution in [0.2, 0.25) is 0 Å². The molecule has 0 atom stereocenters. The summed E-state index contributed by atoms with van der Waals surface area (Å²) >= 11 is 0. The molecule has 0 unspecified atom stereocenters. The van der Waals surface area contributed by atoms with Gasteiger partial charge in [-0.1, -0.05) is 6.92 Å². The number of aryl methyl sites for hydroxylation is 2. The Hall–Kier alpha value is -2.45. The molecule has 2 aromatic heterocycles. The number of methoxy groups -OCH3 is 1. The Labute approximate surface area is 148 Å². The smallest absolute Gasteiger partial charge is 0.324 e. The average Bonchev–Trinajstić information content (AvgIpc) is 2.92. The number of rotatable bonds is 8. The van der Waals surface area contributed by atoms with Gasteiger partial charge < -0.3 is 10.1 Å². The molecule has 0 aromatic carbocycles. The minimum atomic E-state index is -0.333. The van der Waals surface area contributed by atoms with E-state index in [1.54, 1.807) is 24.2 Å². The lowest BCUT2D eigenvalue weighted by Gasteiger charge is -2.16. The average molecular weight is 346 g/mol. The van der Waals surface area contributed by atoms with Crippen LogP contribution >= 0.6 is 0 Å². The van der Waals surface area contributed by atoms with Gasteiger partial charge in [0.25, 0.3) is 0 Å².